The molecule has 0 aliphatic carbocycles. The predicted octanol–water partition coefficient (Wildman–Crippen LogP) is 5.51. The standard InChI is InChI=1S/C26H22FN3O/c1-17-5-3-6-19(13-17)22-10-11-28-25-24(22)16-29-12-4-7-21(29)15-30(25)26(31)23-14-20(27)9-8-18(23)2/h3-14H,15-16H2,1-2H3. The Morgan fingerprint density at radius 1 is 1.00 bits per heavy atom. The second-order valence-corrected chi connectivity index (χ2v) is 8.01. The van der Waals surface area contributed by atoms with E-state index in [9.17, 15) is 9.18 Å². The third-order valence-corrected chi connectivity index (χ3v) is 5.87. The summed E-state index contributed by atoms with van der Waals surface area (Å²) >= 11 is 0. The molecular formula is C26H22FN3O. The number of rotatable bonds is 2. The number of benzene rings is 2. The van der Waals surface area contributed by atoms with E-state index in [1.807, 2.05) is 37.4 Å². The Kier molecular flexibility index (Phi) is 4.66. The summed E-state index contributed by atoms with van der Waals surface area (Å²) in [5.74, 6) is -0.0491. The van der Waals surface area contributed by atoms with Crippen LogP contribution in [0.15, 0.2) is 73.1 Å². The summed E-state index contributed by atoms with van der Waals surface area (Å²) in [6, 6.07) is 18.6. The maximum Gasteiger partial charge on any atom is 0.260 e. The van der Waals surface area contributed by atoms with Gasteiger partial charge in [-0.2, -0.15) is 0 Å². The lowest BCUT2D eigenvalue weighted by Crippen LogP contribution is -2.32. The number of anilines is 1. The van der Waals surface area contributed by atoms with E-state index in [1.54, 1.807) is 17.2 Å². The molecule has 0 atom stereocenters. The van der Waals surface area contributed by atoms with E-state index in [2.05, 4.69) is 34.7 Å². The maximum absolute atomic E-state index is 14.0. The number of aromatic nitrogens is 2. The van der Waals surface area contributed by atoms with Crippen LogP contribution in [-0.2, 0) is 13.1 Å². The molecule has 4 aromatic rings. The maximum atomic E-state index is 14.0. The van der Waals surface area contributed by atoms with Crippen LogP contribution in [-0.4, -0.2) is 15.5 Å². The summed E-state index contributed by atoms with van der Waals surface area (Å²) in [6.07, 6.45) is 3.77. The van der Waals surface area contributed by atoms with Gasteiger partial charge in [0, 0.05) is 29.2 Å². The predicted molar refractivity (Wildman–Crippen MR) is 120 cm³/mol. The number of nitrogens with zero attached hydrogens (tertiary/aromatic N) is 3. The Labute approximate surface area is 180 Å². The van der Waals surface area contributed by atoms with Crippen LogP contribution in [0.5, 0.6) is 0 Å². The molecule has 0 N–H and O–H groups in total. The minimum atomic E-state index is -0.422. The molecule has 2 aromatic carbocycles. The van der Waals surface area contributed by atoms with Gasteiger partial charge in [-0.1, -0.05) is 35.9 Å². The van der Waals surface area contributed by atoms with Gasteiger partial charge in [0.05, 0.1) is 13.1 Å². The van der Waals surface area contributed by atoms with Gasteiger partial charge in [-0.05, 0) is 60.9 Å². The highest BCUT2D eigenvalue weighted by Crippen LogP contribution is 2.35. The van der Waals surface area contributed by atoms with E-state index in [0.29, 0.717) is 24.5 Å². The highest BCUT2D eigenvalue weighted by Gasteiger charge is 2.28. The number of hydrogen-bond acceptors (Lipinski definition) is 2. The van der Waals surface area contributed by atoms with Gasteiger partial charge in [-0.25, -0.2) is 9.37 Å². The molecule has 0 unspecified atom stereocenters. The fourth-order valence-corrected chi connectivity index (χ4v) is 4.25. The number of hydrogen-bond donors (Lipinski definition) is 0. The van der Waals surface area contributed by atoms with Crippen LogP contribution in [0.4, 0.5) is 10.2 Å². The van der Waals surface area contributed by atoms with Crippen molar-refractivity contribution < 1.29 is 9.18 Å². The SMILES string of the molecule is Cc1cccc(-c2ccnc3c2Cn2cccc2CN3C(=O)c2cc(F)ccc2C)c1. The molecule has 1 aliphatic heterocycles. The minimum Gasteiger partial charge on any atom is -0.345 e. The van der Waals surface area contributed by atoms with E-state index in [1.165, 1.54) is 17.7 Å². The van der Waals surface area contributed by atoms with E-state index >= 15 is 0 Å². The fraction of sp³-hybridized carbons (Fsp3) is 0.154. The highest BCUT2D eigenvalue weighted by atomic mass is 19.1. The average Bonchev–Trinajstić information content (AvgIpc) is 3.13. The second-order valence-electron chi connectivity index (χ2n) is 8.01. The lowest BCUT2D eigenvalue weighted by molar-refractivity contribution is 0.0983. The van der Waals surface area contributed by atoms with Crippen molar-refractivity contribution in [2.75, 3.05) is 4.90 Å². The van der Waals surface area contributed by atoms with Crippen molar-refractivity contribution in [3.8, 4) is 11.1 Å². The minimum absolute atomic E-state index is 0.248. The average molecular weight is 411 g/mol. The number of carbonyl (C=O) groups is 1. The van der Waals surface area contributed by atoms with Gasteiger partial charge in [0.15, 0.2) is 0 Å². The first-order valence-corrected chi connectivity index (χ1v) is 10.3. The molecule has 0 spiro atoms. The number of halogens is 1. The van der Waals surface area contributed by atoms with Gasteiger partial charge in [-0.3, -0.25) is 9.69 Å². The molecule has 1 aliphatic rings. The third-order valence-electron chi connectivity index (χ3n) is 5.87. The number of pyridine rings is 1. The van der Waals surface area contributed by atoms with E-state index < -0.39 is 5.82 Å². The van der Waals surface area contributed by atoms with Gasteiger partial charge >= 0.3 is 0 Å². The molecular weight excluding hydrogens is 389 g/mol. The first-order valence-electron chi connectivity index (χ1n) is 10.3. The molecule has 3 heterocycles. The summed E-state index contributed by atoms with van der Waals surface area (Å²) in [4.78, 5) is 19.9. The van der Waals surface area contributed by atoms with Crippen LogP contribution in [0.25, 0.3) is 11.1 Å². The molecule has 5 rings (SSSR count). The molecule has 4 nitrogen and oxygen atoms in total. The van der Waals surface area contributed by atoms with Crippen LogP contribution in [0, 0.1) is 19.7 Å². The van der Waals surface area contributed by atoms with Gasteiger partial charge in [0.25, 0.3) is 5.91 Å². The Balaban J connectivity index is 1.71. The highest BCUT2D eigenvalue weighted by molar-refractivity contribution is 6.07. The molecule has 2 aromatic heterocycles. The van der Waals surface area contributed by atoms with Gasteiger partial charge in [-0.15, -0.1) is 0 Å². The molecule has 0 radical (unpaired) electrons. The Hall–Kier alpha value is -3.73. The second kappa shape index (κ2) is 7.51. The van der Waals surface area contributed by atoms with Crippen LogP contribution in [0.3, 0.4) is 0 Å². The third kappa shape index (κ3) is 3.42. The number of aryl methyl sites for hydroxylation is 2. The Morgan fingerprint density at radius 2 is 1.87 bits per heavy atom. The van der Waals surface area contributed by atoms with Crippen molar-refractivity contribution in [1.82, 2.24) is 9.55 Å². The van der Waals surface area contributed by atoms with Gasteiger partial charge < -0.3 is 4.57 Å². The molecule has 0 saturated carbocycles. The smallest absolute Gasteiger partial charge is 0.260 e. The normalized spacial score (nSPS) is 12.8. The van der Waals surface area contributed by atoms with Crippen molar-refractivity contribution in [3.05, 3.63) is 107 Å². The molecule has 31 heavy (non-hydrogen) atoms. The van der Waals surface area contributed by atoms with Crippen molar-refractivity contribution in [2.24, 2.45) is 0 Å². The zero-order valence-electron chi connectivity index (χ0n) is 17.5. The first-order chi connectivity index (χ1) is 15.0. The summed E-state index contributed by atoms with van der Waals surface area (Å²) in [6.45, 7) is 4.88. The largest absolute Gasteiger partial charge is 0.345 e. The quantitative estimate of drug-likeness (QED) is 0.436. The fourth-order valence-electron chi connectivity index (χ4n) is 4.25. The van der Waals surface area contributed by atoms with Gasteiger partial charge in [0.1, 0.15) is 11.6 Å². The number of carbonyl (C=O) groups excluding carboxylic acids is 1. The Morgan fingerprint density at radius 3 is 2.71 bits per heavy atom. The lowest BCUT2D eigenvalue weighted by atomic mass is 9.98. The first kappa shape index (κ1) is 19.2. The topological polar surface area (TPSA) is 38.1 Å². The summed E-state index contributed by atoms with van der Waals surface area (Å²) in [7, 11) is 0. The van der Waals surface area contributed by atoms with E-state index in [-0.39, 0.29) is 5.91 Å². The van der Waals surface area contributed by atoms with Crippen LogP contribution >= 0.6 is 0 Å². The van der Waals surface area contributed by atoms with Crippen molar-refractivity contribution in [3.63, 3.8) is 0 Å². The molecule has 154 valence electrons. The lowest BCUT2D eigenvalue weighted by Gasteiger charge is -2.23. The van der Waals surface area contributed by atoms with Crippen molar-refractivity contribution in [2.45, 2.75) is 26.9 Å². The monoisotopic (exact) mass is 411 g/mol. The number of fused-ring (bicyclic) bond motifs is 2. The van der Waals surface area contributed by atoms with Crippen molar-refractivity contribution >= 4 is 11.7 Å². The van der Waals surface area contributed by atoms with Gasteiger partial charge in [0.2, 0.25) is 0 Å². The van der Waals surface area contributed by atoms with Crippen molar-refractivity contribution in [1.29, 1.82) is 0 Å². The summed E-state index contributed by atoms with van der Waals surface area (Å²) in [5.41, 5.74) is 6.38. The molecule has 0 saturated heterocycles. The zero-order chi connectivity index (χ0) is 21.5. The molecule has 0 bridgehead atoms. The Bertz CT molecular complexity index is 1310. The van der Waals surface area contributed by atoms with Crippen LogP contribution in [0.2, 0.25) is 0 Å². The molecule has 5 heteroatoms. The van der Waals surface area contributed by atoms with E-state index in [0.717, 1.165) is 27.9 Å². The van der Waals surface area contributed by atoms with Crippen LogP contribution in [0.1, 0.15) is 32.7 Å². The van der Waals surface area contributed by atoms with E-state index in [4.69, 9.17) is 0 Å². The summed E-state index contributed by atoms with van der Waals surface area (Å²) < 4.78 is 16.1. The molecule has 0 fully saturated rings. The zero-order valence-corrected chi connectivity index (χ0v) is 17.5. The number of amides is 1. The summed E-state index contributed by atoms with van der Waals surface area (Å²) in [5, 5.41) is 0. The van der Waals surface area contributed by atoms with Crippen LogP contribution < -0.4 is 4.90 Å². The molecule has 1 amide bonds.